The number of ether oxygens (including phenoxy) is 1. The zero-order valence-electron chi connectivity index (χ0n) is 13.8. The second-order valence-corrected chi connectivity index (χ2v) is 5.16. The van der Waals surface area contributed by atoms with Crippen molar-refractivity contribution in [3.8, 4) is 5.75 Å². The second kappa shape index (κ2) is 13.0. The number of benzene rings is 2. The summed E-state index contributed by atoms with van der Waals surface area (Å²) in [5.41, 5.74) is 2.09. The van der Waals surface area contributed by atoms with E-state index in [1.165, 1.54) is 12.1 Å². The number of rotatable bonds is 9. The van der Waals surface area contributed by atoms with Crippen molar-refractivity contribution in [2.45, 2.75) is 19.6 Å². The first-order valence-electron chi connectivity index (χ1n) is 7.60. The summed E-state index contributed by atoms with van der Waals surface area (Å²) in [6.07, 6.45) is 1.09. The fourth-order valence-electron chi connectivity index (χ4n) is 2.15. The highest BCUT2D eigenvalue weighted by molar-refractivity contribution is 5.85. The van der Waals surface area contributed by atoms with Crippen LogP contribution < -0.4 is 15.4 Å². The number of hydrogen-bond acceptors (Lipinski definition) is 3. The molecule has 0 aliphatic carbocycles. The molecule has 0 fully saturated rings. The monoisotopic (exact) mass is 374 g/mol. The van der Waals surface area contributed by atoms with Gasteiger partial charge in [-0.1, -0.05) is 30.3 Å². The van der Waals surface area contributed by atoms with Gasteiger partial charge in [0.2, 0.25) is 0 Å². The van der Waals surface area contributed by atoms with Crippen LogP contribution in [0.3, 0.4) is 0 Å². The molecular formula is C18H25Cl2FN2O. The summed E-state index contributed by atoms with van der Waals surface area (Å²) in [6.45, 7) is 3.20. The molecule has 2 N–H and O–H groups in total. The average molecular weight is 375 g/mol. The zero-order valence-corrected chi connectivity index (χ0v) is 15.4. The van der Waals surface area contributed by atoms with Gasteiger partial charge in [-0.25, -0.2) is 4.39 Å². The van der Waals surface area contributed by atoms with Gasteiger partial charge in [0.1, 0.15) is 18.2 Å². The van der Waals surface area contributed by atoms with Crippen molar-refractivity contribution in [1.82, 2.24) is 10.6 Å². The van der Waals surface area contributed by atoms with E-state index in [1.807, 2.05) is 25.2 Å². The molecule has 0 aromatic heterocycles. The molecule has 0 amide bonds. The number of halogens is 3. The lowest BCUT2D eigenvalue weighted by atomic mass is 10.2. The van der Waals surface area contributed by atoms with E-state index in [9.17, 15) is 4.39 Å². The summed E-state index contributed by atoms with van der Waals surface area (Å²) in [7, 11) is 1.96. The summed E-state index contributed by atoms with van der Waals surface area (Å²) >= 11 is 0. The maximum Gasteiger partial charge on any atom is 0.124 e. The third-order valence-electron chi connectivity index (χ3n) is 3.38. The van der Waals surface area contributed by atoms with Crippen molar-refractivity contribution in [3.05, 3.63) is 65.5 Å². The second-order valence-electron chi connectivity index (χ2n) is 5.16. The van der Waals surface area contributed by atoms with E-state index in [0.29, 0.717) is 6.61 Å². The molecule has 0 saturated heterocycles. The molecule has 0 saturated carbocycles. The highest BCUT2D eigenvalue weighted by Gasteiger charge is 2.03. The maximum atomic E-state index is 12.9. The molecule has 0 atom stereocenters. The topological polar surface area (TPSA) is 33.3 Å². The summed E-state index contributed by atoms with van der Waals surface area (Å²) in [4.78, 5) is 0. The van der Waals surface area contributed by atoms with Crippen LogP contribution in [0.5, 0.6) is 5.75 Å². The average Bonchev–Trinajstić information content (AvgIpc) is 2.55. The van der Waals surface area contributed by atoms with Crippen molar-refractivity contribution in [3.63, 3.8) is 0 Å². The third kappa shape index (κ3) is 7.97. The maximum absolute atomic E-state index is 12.9. The smallest absolute Gasteiger partial charge is 0.124 e. The van der Waals surface area contributed by atoms with Gasteiger partial charge < -0.3 is 15.4 Å². The van der Waals surface area contributed by atoms with E-state index in [4.69, 9.17) is 4.74 Å². The van der Waals surface area contributed by atoms with Gasteiger partial charge >= 0.3 is 0 Å². The molecule has 0 spiro atoms. The highest BCUT2D eigenvalue weighted by Crippen LogP contribution is 2.19. The molecule has 0 unspecified atom stereocenters. The van der Waals surface area contributed by atoms with Crippen LogP contribution in [0.1, 0.15) is 17.5 Å². The van der Waals surface area contributed by atoms with Gasteiger partial charge in [0.15, 0.2) is 0 Å². The molecule has 0 aliphatic rings. The minimum Gasteiger partial charge on any atom is -0.489 e. The predicted molar refractivity (Wildman–Crippen MR) is 102 cm³/mol. The molecule has 0 heterocycles. The minimum atomic E-state index is -0.227. The van der Waals surface area contributed by atoms with Crippen LogP contribution in [0, 0.1) is 5.82 Å². The van der Waals surface area contributed by atoms with Crippen LogP contribution in [-0.2, 0) is 13.2 Å². The Labute approximate surface area is 155 Å². The van der Waals surface area contributed by atoms with Crippen molar-refractivity contribution in [2.24, 2.45) is 0 Å². The van der Waals surface area contributed by atoms with Gasteiger partial charge in [0.05, 0.1) is 0 Å². The predicted octanol–water partition coefficient (Wildman–Crippen LogP) is 3.95. The van der Waals surface area contributed by atoms with Gasteiger partial charge in [-0.15, -0.1) is 24.8 Å². The Morgan fingerprint density at radius 3 is 2.38 bits per heavy atom. The van der Waals surface area contributed by atoms with Crippen LogP contribution in [0.4, 0.5) is 4.39 Å². The summed E-state index contributed by atoms with van der Waals surface area (Å²) in [5, 5.41) is 6.54. The molecule has 2 aromatic rings. The van der Waals surface area contributed by atoms with Crippen LogP contribution in [-0.4, -0.2) is 20.1 Å². The molecule has 2 aromatic carbocycles. The molecule has 0 radical (unpaired) electrons. The van der Waals surface area contributed by atoms with E-state index in [0.717, 1.165) is 42.9 Å². The van der Waals surface area contributed by atoms with Gasteiger partial charge in [0, 0.05) is 12.1 Å². The fourth-order valence-corrected chi connectivity index (χ4v) is 2.15. The molecule has 24 heavy (non-hydrogen) atoms. The Kier molecular flexibility index (Phi) is 12.3. The van der Waals surface area contributed by atoms with E-state index < -0.39 is 0 Å². The summed E-state index contributed by atoms with van der Waals surface area (Å²) < 4.78 is 18.8. The first-order valence-corrected chi connectivity index (χ1v) is 7.60. The minimum absolute atomic E-state index is 0. The molecule has 134 valence electrons. The molecule has 3 nitrogen and oxygen atoms in total. The Morgan fingerprint density at radius 2 is 1.67 bits per heavy atom. The first-order chi connectivity index (χ1) is 10.8. The van der Waals surface area contributed by atoms with E-state index >= 15 is 0 Å². The fraction of sp³-hybridized carbons (Fsp3) is 0.333. The van der Waals surface area contributed by atoms with Gasteiger partial charge in [-0.2, -0.15) is 0 Å². The standard InChI is InChI=1S/C18H23FN2O.2ClH/c1-20-11-4-12-21-13-16-5-2-3-6-18(16)22-14-15-7-9-17(19)10-8-15;;/h2-3,5-10,20-21H,4,11-14H2,1H3;2*1H. The van der Waals surface area contributed by atoms with Crippen LogP contribution in [0.2, 0.25) is 0 Å². The quantitative estimate of drug-likeness (QED) is 0.652. The summed E-state index contributed by atoms with van der Waals surface area (Å²) in [5.74, 6) is 0.642. The molecule has 0 bridgehead atoms. The van der Waals surface area contributed by atoms with Crippen molar-refractivity contribution in [2.75, 3.05) is 20.1 Å². The van der Waals surface area contributed by atoms with Crippen LogP contribution in [0.15, 0.2) is 48.5 Å². The number of hydrogen-bond donors (Lipinski definition) is 2. The number of nitrogens with one attached hydrogen (secondary N) is 2. The molecule has 0 aliphatic heterocycles. The Hall–Kier alpha value is -1.33. The lowest BCUT2D eigenvalue weighted by Crippen LogP contribution is -2.19. The van der Waals surface area contributed by atoms with E-state index in [-0.39, 0.29) is 30.6 Å². The molecular weight excluding hydrogens is 350 g/mol. The molecule has 6 heteroatoms. The highest BCUT2D eigenvalue weighted by atomic mass is 35.5. The normalized spacial score (nSPS) is 9.75. The van der Waals surface area contributed by atoms with Crippen LogP contribution >= 0.6 is 24.8 Å². The van der Waals surface area contributed by atoms with Crippen LogP contribution in [0.25, 0.3) is 0 Å². The third-order valence-corrected chi connectivity index (χ3v) is 3.38. The Morgan fingerprint density at radius 1 is 0.958 bits per heavy atom. The van der Waals surface area contributed by atoms with Crippen molar-refractivity contribution >= 4 is 24.8 Å². The van der Waals surface area contributed by atoms with Crippen molar-refractivity contribution in [1.29, 1.82) is 0 Å². The van der Waals surface area contributed by atoms with E-state index in [1.54, 1.807) is 12.1 Å². The van der Waals surface area contributed by atoms with Gasteiger partial charge in [-0.05, 0) is 50.3 Å². The zero-order chi connectivity index (χ0) is 15.6. The number of para-hydroxylation sites is 1. The van der Waals surface area contributed by atoms with Gasteiger partial charge in [0.25, 0.3) is 0 Å². The van der Waals surface area contributed by atoms with E-state index in [2.05, 4.69) is 16.7 Å². The largest absolute Gasteiger partial charge is 0.489 e. The van der Waals surface area contributed by atoms with Crippen molar-refractivity contribution < 1.29 is 9.13 Å². The Bertz CT molecular complexity index is 567. The summed E-state index contributed by atoms with van der Waals surface area (Å²) in [6, 6.07) is 14.4. The SMILES string of the molecule is CNCCCNCc1ccccc1OCc1ccc(F)cc1.Cl.Cl. The van der Waals surface area contributed by atoms with Gasteiger partial charge in [-0.3, -0.25) is 0 Å². The Balaban J connectivity index is 0.00000264. The first kappa shape index (κ1) is 22.7. The lowest BCUT2D eigenvalue weighted by molar-refractivity contribution is 0.302. The lowest BCUT2D eigenvalue weighted by Gasteiger charge is -2.12. The molecule has 2 rings (SSSR count).